The fourth-order valence-corrected chi connectivity index (χ4v) is 2.39. The molecule has 0 spiro atoms. The third kappa shape index (κ3) is 2.99. The highest BCUT2D eigenvalue weighted by Crippen LogP contribution is 2.29. The Bertz CT molecular complexity index is 348. The molecule has 0 aromatic carbocycles. The molecule has 1 aliphatic heterocycles. The average Bonchev–Trinajstić information content (AvgIpc) is 2.83. The van der Waals surface area contributed by atoms with Crippen LogP contribution in [-0.4, -0.2) is 48.3 Å². The minimum absolute atomic E-state index is 0.158. The largest absolute Gasteiger partial charge is 0.396 e. The summed E-state index contributed by atoms with van der Waals surface area (Å²) in [7, 11) is 1.21. The van der Waals surface area contributed by atoms with Gasteiger partial charge in [-0.3, -0.25) is 9.69 Å². The number of nitrogens with one attached hydrogen (secondary N) is 1. The molecule has 1 fully saturated rings. The first kappa shape index (κ1) is 14.9. The summed E-state index contributed by atoms with van der Waals surface area (Å²) in [5.41, 5.74) is -0.876. The average molecular weight is 251 g/mol. The molecule has 0 bridgehead atoms. The Hall–Kier alpha value is -1.17. The second-order valence-corrected chi connectivity index (χ2v) is 4.88. The van der Waals surface area contributed by atoms with Crippen LogP contribution >= 0.6 is 0 Å². The Balaban J connectivity index is 2.80. The van der Waals surface area contributed by atoms with Crippen molar-refractivity contribution in [2.75, 3.05) is 6.54 Å². The van der Waals surface area contributed by atoms with Gasteiger partial charge in [0, 0.05) is 6.92 Å². The van der Waals surface area contributed by atoms with E-state index in [2.05, 4.69) is 5.23 Å². The van der Waals surface area contributed by atoms with Crippen LogP contribution in [0.5, 0.6) is 0 Å². The van der Waals surface area contributed by atoms with Crippen LogP contribution in [0.1, 0.15) is 40.0 Å². The number of nitrogens with zero attached hydrogens (tertiary/aromatic N) is 1. The summed E-state index contributed by atoms with van der Waals surface area (Å²) >= 11 is 0. The van der Waals surface area contributed by atoms with E-state index >= 15 is 0 Å². The molecule has 5 nitrogen and oxygen atoms in total. The van der Waals surface area contributed by atoms with Crippen molar-refractivity contribution in [3.8, 4) is 0 Å². The van der Waals surface area contributed by atoms with Gasteiger partial charge in [0.15, 0.2) is 0 Å². The molecule has 1 aliphatic rings. The number of carbonyl (C=O) groups is 3. The fraction of sp³-hybridized carbons (Fsp3) is 0.750. The smallest absolute Gasteiger partial charge is 0.335 e. The van der Waals surface area contributed by atoms with Gasteiger partial charge in [-0.05, 0) is 32.7 Å². The monoisotopic (exact) mass is 251 g/mol. The number of aldehydes is 1. The molecule has 1 rings (SSSR count). The van der Waals surface area contributed by atoms with E-state index in [1.807, 2.05) is 18.7 Å². The molecular formula is C12H20BN2O3. The zero-order valence-electron chi connectivity index (χ0n) is 11.2. The second kappa shape index (κ2) is 6.13. The van der Waals surface area contributed by atoms with E-state index in [1.54, 1.807) is 0 Å². The van der Waals surface area contributed by atoms with Gasteiger partial charge in [-0.2, -0.15) is 0 Å². The number of likely N-dealkylation sites (tertiary alicyclic amines) is 1. The van der Waals surface area contributed by atoms with E-state index in [4.69, 9.17) is 0 Å². The maximum atomic E-state index is 12.2. The van der Waals surface area contributed by atoms with Crippen LogP contribution in [0.4, 0.5) is 0 Å². The predicted octanol–water partition coefficient (Wildman–Crippen LogP) is 0.100. The van der Waals surface area contributed by atoms with Gasteiger partial charge in [-0.15, -0.1) is 0 Å². The van der Waals surface area contributed by atoms with E-state index < -0.39 is 5.54 Å². The van der Waals surface area contributed by atoms with Crippen molar-refractivity contribution in [3.05, 3.63) is 0 Å². The molecule has 1 N–H and O–H groups in total. The second-order valence-electron chi connectivity index (χ2n) is 4.88. The van der Waals surface area contributed by atoms with Crippen molar-refractivity contribution < 1.29 is 14.4 Å². The highest BCUT2D eigenvalue weighted by Gasteiger charge is 2.43. The highest BCUT2D eigenvalue weighted by atomic mass is 16.2. The third-order valence-electron chi connectivity index (χ3n) is 3.72. The van der Waals surface area contributed by atoms with Gasteiger partial charge in [-0.25, -0.2) is 0 Å². The summed E-state index contributed by atoms with van der Waals surface area (Å²) in [6.07, 6.45) is 3.23. The molecule has 6 heteroatoms. The molecule has 18 heavy (non-hydrogen) atoms. The first-order valence-electron chi connectivity index (χ1n) is 6.32. The van der Waals surface area contributed by atoms with Gasteiger partial charge in [0.1, 0.15) is 12.0 Å². The Morgan fingerprint density at radius 3 is 2.72 bits per heavy atom. The van der Waals surface area contributed by atoms with Gasteiger partial charge < -0.3 is 14.8 Å². The topological polar surface area (TPSA) is 66.5 Å². The van der Waals surface area contributed by atoms with Crippen molar-refractivity contribution >= 4 is 25.3 Å². The van der Waals surface area contributed by atoms with Crippen molar-refractivity contribution in [2.45, 2.75) is 51.6 Å². The first-order chi connectivity index (χ1) is 8.45. The molecular weight excluding hydrogens is 231 g/mol. The Morgan fingerprint density at radius 1 is 1.56 bits per heavy atom. The van der Waals surface area contributed by atoms with Gasteiger partial charge in [-0.1, -0.05) is 6.92 Å². The predicted molar refractivity (Wildman–Crippen MR) is 69.1 cm³/mol. The van der Waals surface area contributed by atoms with Gasteiger partial charge >= 0.3 is 7.41 Å². The number of carbonyl (C=O) groups excluding carboxylic acids is 3. The minimum Gasteiger partial charge on any atom is -0.396 e. The van der Waals surface area contributed by atoms with Crippen molar-refractivity contribution in [1.29, 1.82) is 0 Å². The lowest BCUT2D eigenvalue weighted by Gasteiger charge is -2.39. The maximum absolute atomic E-state index is 12.2. The number of hydrogen-bond acceptors (Lipinski definition) is 4. The molecule has 1 radical (unpaired) electrons. The summed E-state index contributed by atoms with van der Waals surface area (Å²) in [6.45, 7) is 5.85. The molecule has 0 saturated carbocycles. The summed E-state index contributed by atoms with van der Waals surface area (Å²) < 4.78 is 0. The molecule has 2 unspecified atom stereocenters. The Morgan fingerprint density at radius 2 is 2.22 bits per heavy atom. The Labute approximate surface area is 109 Å². The van der Waals surface area contributed by atoms with Crippen molar-refractivity contribution in [2.24, 2.45) is 0 Å². The molecule has 1 saturated heterocycles. The van der Waals surface area contributed by atoms with Crippen LogP contribution in [0, 0.1) is 0 Å². The van der Waals surface area contributed by atoms with Crippen LogP contribution in [-0.2, 0) is 14.4 Å². The van der Waals surface area contributed by atoms with E-state index in [-0.39, 0.29) is 17.6 Å². The number of amides is 1. The lowest BCUT2D eigenvalue weighted by molar-refractivity contribution is -0.126. The van der Waals surface area contributed by atoms with Crippen molar-refractivity contribution in [3.63, 3.8) is 0 Å². The molecule has 0 aromatic rings. The highest BCUT2D eigenvalue weighted by molar-refractivity contribution is 6.75. The third-order valence-corrected chi connectivity index (χ3v) is 3.72. The summed E-state index contributed by atoms with van der Waals surface area (Å²) in [5, 5.41) is 2.41. The quantitative estimate of drug-likeness (QED) is 0.537. The molecule has 0 aliphatic carbocycles. The lowest BCUT2D eigenvalue weighted by atomic mass is 9.72. The van der Waals surface area contributed by atoms with Gasteiger partial charge in [0.2, 0.25) is 5.91 Å². The molecule has 0 aromatic heterocycles. The van der Waals surface area contributed by atoms with Crippen LogP contribution in [0.3, 0.4) is 0 Å². The minimum atomic E-state index is -0.718. The zero-order chi connectivity index (χ0) is 13.8. The zero-order valence-corrected chi connectivity index (χ0v) is 11.2. The van der Waals surface area contributed by atoms with E-state index in [9.17, 15) is 14.4 Å². The van der Waals surface area contributed by atoms with Crippen molar-refractivity contribution in [1.82, 2.24) is 10.1 Å². The normalized spacial score (nSPS) is 23.2. The lowest BCUT2D eigenvalue weighted by Crippen LogP contribution is -2.58. The molecule has 1 heterocycles. The summed E-state index contributed by atoms with van der Waals surface area (Å²) in [6, 6.07) is -0.190. The molecule has 99 valence electrons. The number of rotatable bonds is 6. The number of hydrogen-bond donors (Lipinski definition) is 1. The van der Waals surface area contributed by atoms with E-state index in [0.29, 0.717) is 6.42 Å². The van der Waals surface area contributed by atoms with Gasteiger partial charge in [0.25, 0.3) is 0 Å². The SMILES string of the molecule is CCC(C)(C(=O)[B]NC(C)=O)N1CCCC1C=O. The Kier molecular flexibility index (Phi) is 5.08. The van der Waals surface area contributed by atoms with Crippen LogP contribution in [0.2, 0.25) is 0 Å². The molecule has 1 amide bonds. The maximum Gasteiger partial charge on any atom is 0.335 e. The van der Waals surface area contributed by atoms with Crippen LogP contribution in [0.15, 0.2) is 0 Å². The molecule has 2 atom stereocenters. The summed E-state index contributed by atoms with van der Waals surface area (Å²) in [4.78, 5) is 36.0. The van der Waals surface area contributed by atoms with Gasteiger partial charge in [0.05, 0.1) is 11.6 Å². The fourth-order valence-electron chi connectivity index (χ4n) is 2.39. The first-order valence-corrected chi connectivity index (χ1v) is 6.32. The van der Waals surface area contributed by atoms with E-state index in [1.165, 1.54) is 14.3 Å². The van der Waals surface area contributed by atoms with Crippen LogP contribution < -0.4 is 5.23 Å². The van der Waals surface area contributed by atoms with E-state index in [0.717, 1.165) is 25.7 Å². The standard InChI is InChI=1S/C12H20BN2O3/c1-4-12(3,11(18)13-14-9(2)17)15-7-5-6-10(15)8-16/h8,10H,4-7H2,1-3H3,(H,14,17). The van der Waals surface area contributed by atoms with Crippen LogP contribution in [0.25, 0.3) is 0 Å². The summed E-state index contributed by atoms with van der Waals surface area (Å²) in [5.74, 6) is -0.268.